The van der Waals surface area contributed by atoms with Crippen LogP contribution in [0, 0.1) is 13.8 Å². The number of fused-ring (bicyclic) bond motifs is 1. The molecule has 3 nitrogen and oxygen atoms in total. The van der Waals surface area contributed by atoms with Crippen LogP contribution in [0.4, 0.5) is 0 Å². The summed E-state index contributed by atoms with van der Waals surface area (Å²) in [6.07, 6.45) is 0. The Labute approximate surface area is 143 Å². The van der Waals surface area contributed by atoms with Gasteiger partial charge < -0.3 is 4.55 Å². The summed E-state index contributed by atoms with van der Waals surface area (Å²) in [5.74, 6) is 0. The van der Waals surface area contributed by atoms with Crippen LogP contribution in [0.2, 0.25) is 0 Å². The fourth-order valence-corrected chi connectivity index (χ4v) is 2.63. The summed E-state index contributed by atoms with van der Waals surface area (Å²) in [5, 5.41) is 1.32. The minimum atomic E-state index is -4.41. The Kier molecular flexibility index (Phi) is 4.94. The Balaban J connectivity index is 0.00000144. The third kappa shape index (κ3) is 3.17. The van der Waals surface area contributed by atoms with E-state index in [2.05, 4.69) is 0 Å². The van der Waals surface area contributed by atoms with Crippen molar-refractivity contribution in [3.63, 3.8) is 0 Å². The average Bonchev–Trinajstić information content (AvgIpc) is 2.15. The van der Waals surface area contributed by atoms with Gasteiger partial charge in [-0.1, -0.05) is 29.8 Å². The van der Waals surface area contributed by atoms with Crippen LogP contribution in [0.15, 0.2) is 35.2 Å². The molecule has 0 aliphatic rings. The van der Waals surface area contributed by atoms with Gasteiger partial charge >= 0.3 is 51.4 Å². The monoisotopic (exact) mass is 274 g/mol. The SMILES string of the molecule is Cc1cc(C)c2cccc(S(=O)(=O)[O-])c2c1.[K+]. The van der Waals surface area contributed by atoms with Gasteiger partial charge in [0.1, 0.15) is 10.1 Å². The summed E-state index contributed by atoms with van der Waals surface area (Å²) in [7, 11) is -4.41. The van der Waals surface area contributed by atoms with Crippen molar-refractivity contribution in [3.05, 3.63) is 41.5 Å². The van der Waals surface area contributed by atoms with E-state index < -0.39 is 10.1 Å². The summed E-state index contributed by atoms with van der Waals surface area (Å²) in [6, 6.07) is 8.45. The maximum Gasteiger partial charge on any atom is 1.00 e. The van der Waals surface area contributed by atoms with Crippen molar-refractivity contribution in [2.75, 3.05) is 0 Å². The molecule has 0 aliphatic heterocycles. The summed E-state index contributed by atoms with van der Waals surface area (Å²) >= 11 is 0. The van der Waals surface area contributed by atoms with E-state index in [-0.39, 0.29) is 56.3 Å². The van der Waals surface area contributed by atoms with Gasteiger partial charge in [0.15, 0.2) is 0 Å². The molecule has 0 atom stereocenters. The zero-order valence-electron chi connectivity index (χ0n) is 10.0. The summed E-state index contributed by atoms with van der Waals surface area (Å²) in [4.78, 5) is -0.142. The fraction of sp³-hybridized carbons (Fsp3) is 0.167. The predicted octanol–water partition coefficient (Wildman–Crippen LogP) is -0.635. The molecule has 0 N–H and O–H groups in total. The van der Waals surface area contributed by atoms with E-state index >= 15 is 0 Å². The van der Waals surface area contributed by atoms with Crippen molar-refractivity contribution in [2.24, 2.45) is 0 Å². The van der Waals surface area contributed by atoms with Crippen LogP contribution in [0.25, 0.3) is 10.8 Å². The normalized spacial score (nSPS) is 11.2. The third-order valence-electron chi connectivity index (χ3n) is 2.58. The summed E-state index contributed by atoms with van der Waals surface area (Å²) in [6.45, 7) is 3.77. The Bertz CT molecular complexity index is 663. The molecular formula is C12H11KO3S. The van der Waals surface area contributed by atoms with Crippen LogP contribution < -0.4 is 51.4 Å². The molecule has 0 heterocycles. The van der Waals surface area contributed by atoms with Gasteiger partial charge in [0.05, 0.1) is 4.90 Å². The topological polar surface area (TPSA) is 57.2 Å². The number of hydrogen-bond donors (Lipinski definition) is 0. The number of benzene rings is 2. The largest absolute Gasteiger partial charge is 1.00 e. The van der Waals surface area contributed by atoms with Crippen LogP contribution in [0.3, 0.4) is 0 Å². The van der Waals surface area contributed by atoms with E-state index in [4.69, 9.17) is 0 Å². The van der Waals surface area contributed by atoms with Crippen LogP contribution in [0.1, 0.15) is 11.1 Å². The summed E-state index contributed by atoms with van der Waals surface area (Å²) in [5.41, 5.74) is 1.92. The first-order valence-electron chi connectivity index (χ1n) is 4.85. The minimum Gasteiger partial charge on any atom is -0.744 e. The second-order valence-electron chi connectivity index (χ2n) is 3.89. The molecule has 0 saturated carbocycles. The molecule has 0 bridgehead atoms. The number of rotatable bonds is 1. The molecule has 5 heteroatoms. The molecule has 2 rings (SSSR count). The van der Waals surface area contributed by atoms with Gasteiger partial charge in [0, 0.05) is 0 Å². The second-order valence-corrected chi connectivity index (χ2v) is 5.24. The summed E-state index contributed by atoms with van der Waals surface area (Å²) < 4.78 is 33.3. The Morgan fingerprint density at radius 2 is 1.71 bits per heavy atom. The quantitative estimate of drug-likeness (QED) is 0.514. The Morgan fingerprint density at radius 1 is 1.06 bits per heavy atom. The fourth-order valence-electron chi connectivity index (χ4n) is 1.94. The van der Waals surface area contributed by atoms with Gasteiger partial charge in [0.25, 0.3) is 0 Å². The number of hydrogen-bond acceptors (Lipinski definition) is 3. The van der Waals surface area contributed by atoms with Crippen molar-refractivity contribution < 1.29 is 64.4 Å². The molecule has 0 aliphatic carbocycles. The van der Waals surface area contributed by atoms with Crippen molar-refractivity contribution in [2.45, 2.75) is 18.7 Å². The van der Waals surface area contributed by atoms with Crippen molar-refractivity contribution in [1.82, 2.24) is 0 Å². The van der Waals surface area contributed by atoms with Crippen LogP contribution in [-0.2, 0) is 10.1 Å². The van der Waals surface area contributed by atoms with Gasteiger partial charge in [-0.05, 0) is 36.2 Å². The van der Waals surface area contributed by atoms with Gasteiger partial charge in [-0.2, -0.15) is 0 Å². The van der Waals surface area contributed by atoms with Crippen molar-refractivity contribution in [3.8, 4) is 0 Å². The molecule has 2 aromatic rings. The Morgan fingerprint density at radius 3 is 2.29 bits per heavy atom. The Hall–Kier alpha value is 0.246. The molecule has 0 radical (unpaired) electrons. The predicted molar refractivity (Wildman–Crippen MR) is 61.4 cm³/mol. The van der Waals surface area contributed by atoms with Crippen molar-refractivity contribution >= 4 is 20.9 Å². The standard InChI is InChI=1S/C12H12O3S.K/c1-8-6-9(2)10-4-3-5-12(11(10)7-8)16(13,14)15;/h3-7H,1-2H3,(H,13,14,15);/q;+1/p-1. The minimum absolute atomic E-state index is 0. The van der Waals surface area contributed by atoms with E-state index in [9.17, 15) is 13.0 Å². The van der Waals surface area contributed by atoms with E-state index in [1.807, 2.05) is 26.0 Å². The molecule has 0 amide bonds. The molecular weight excluding hydrogens is 263 g/mol. The third-order valence-corrected chi connectivity index (χ3v) is 3.47. The van der Waals surface area contributed by atoms with Gasteiger partial charge in [-0.15, -0.1) is 0 Å². The number of aryl methyl sites for hydroxylation is 2. The average molecular weight is 274 g/mol. The van der Waals surface area contributed by atoms with E-state index in [1.165, 1.54) is 6.07 Å². The van der Waals surface area contributed by atoms with Gasteiger partial charge in [0.2, 0.25) is 0 Å². The smallest absolute Gasteiger partial charge is 0.744 e. The second kappa shape index (κ2) is 5.48. The molecule has 2 aromatic carbocycles. The zero-order valence-corrected chi connectivity index (χ0v) is 14.0. The van der Waals surface area contributed by atoms with E-state index in [0.29, 0.717) is 5.39 Å². The molecule has 0 saturated heterocycles. The maximum absolute atomic E-state index is 11.1. The maximum atomic E-state index is 11.1. The molecule has 0 unspecified atom stereocenters. The molecule has 0 spiro atoms. The van der Waals surface area contributed by atoms with E-state index in [1.54, 1.807) is 12.1 Å². The molecule has 0 fully saturated rings. The van der Waals surface area contributed by atoms with Crippen LogP contribution in [0.5, 0.6) is 0 Å². The van der Waals surface area contributed by atoms with Crippen molar-refractivity contribution in [1.29, 1.82) is 0 Å². The zero-order chi connectivity index (χ0) is 11.9. The molecule has 0 aromatic heterocycles. The molecule has 17 heavy (non-hydrogen) atoms. The van der Waals surface area contributed by atoms with Crippen LogP contribution in [-0.4, -0.2) is 13.0 Å². The van der Waals surface area contributed by atoms with Gasteiger partial charge in [-0.3, -0.25) is 0 Å². The van der Waals surface area contributed by atoms with Crippen LogP contribution >= 0.6 is 0 Å². The first kappa shape index (κ1) is 15.3. The molecule has 84 valence electrons. The first-order chi connectivity index (χ1) is 7.39. The van der Waals surface area contributed by atoms with E-state index in [0.717, 1.165) is 16.5 Å². The van der Waals surface area contributed by atoms with Gasteiger partial charge in [-0.25, -0.2) is 8.42 Å². The first-order valence-corrected chi connectivity index (χ1v) is 6.26.